The van der Waals surface area contributed by atoms with E-state index in [9.17, 15) is 9.59 Å². The van der Waals surface area contributed by atoms with Gasteiger partial charge < -0.3 is 14.6 Å². The Labute approximate surface area is 101 Å². The molecule has 17 heavy (non-hydrogen) atoms. The van der Waals surface area contributed by atoms with Crippen molar-refractivity contribution in [3.05, 3.63) is 0 Å². The number of hydrogen-bond acceptors (Lipinski definition) is 4. The van der Waals surface area contributed by atoms with Crippen LogP contribution in [0.2, 0.25) is 0 Å². The number of rotatable bonds is 6. The fraction of sp³-hybridized carbons (Fsp3) is 0.833. The molecule has 0 aliphatic heterocycles. The minimum atomic E-state index is -1.17. The molecule has 0 saturated heterocycles. The normalized spacial score (nSPS) is 18.6. The SMILES string of the molecule is CCOC(OC(=O)CC(=O)O)C1CCCCC1. The molecule has 0 aromatic carbocycles. The van der Waals surface area contributed by atoms with E-state index in [2.05, 4.69) is 0 Å². The Kier molecular flexibility index (Phi) is 5.97. The molecule has 1 fully saturated rings. The lowest BCUT2D eigenvalue weighted by Gasteiger charge is -2.29. The lowest BCUT2D eigenvalue weighted by atomic mass is 9.89. The van der Waals surface area contributed by atoms with E-state index in [0.29, 0.717) is 6.61 Å². The van der Waals surface area contributed by atoms with Crippen molar-refractivity contribution in [1.82, 2.24) is 0 Å². The van der Waals surface area contributed by atoms with Crippen LogP contribution in [-0.2, 0) is 19.1 Å². The summed E-state index contributed by atoms with van der Waals surface area (Å²) >= 11 is 0. The van der Waals surface area contributed by atoms with Crippen molar-refractivity contribution in [3.63, 3.8) is 0 Å². The highest BCUT2D eigenvalue weighted by molar-refractivity contribution is 5.90. The van der Waals surface area contributed by atoms with Gasteiger partial charge in [0.2, 0.25) is 6.29 Å². The summed E-state index contributed by atoms with van der Waals surface area (Å²) < 4.78 is 10.5. The molecule has 0 bridgehead atoms. The molecule has 1 N–H and O–H groups in total. The molecule has 1 unspecified atom stereocenters. The topological polar surface area (TPSA) is 72.8 Å². The summed E-state index contributed by atoms with van der Waals surface area (Å²) in [7, 11) is 0. The van der Waals surface area contributed by atoms with Crippen LogP contribution < -0.4 is 0 Å². The second kappa shape index (κ2) is 7.27. The summed E-state index contributed by atoms with van der Waals surface area (Å²) in [5, 5.41) is 8.50. The van der Waals surface area contributed by atoms with Crippen molar-refractivity contribution in [2.24, 2.45) is 5.92 Å². The lowest BCUT2D eigenvalue weighted by Crippen LogP contribution is -2.31. The van der Waals surface area contributed by atoms with Gasteiger partial charge in [0, 0.05) is 12.5 Å². The number of aliphatic carboxylic acids is 1. The van der Waals surface area contributed by atoms with Crippen molar-refractivity contribution in [2.75, 3.05) is 6.61 Å². The first-order valence-electron chi connectivity index (χ1n) is 6.16. The summed E-state index contributed by atoms with van der Waals surface area (Å²) in [6, 6.07) is 0. The third kappa shape index (κ3) is 5.17. The highest BCUT2D eigenvalue weighted by atomic mass is 16.7. The van der Waals surface area contributed by atoms with Crippen molar-refractivity contribution in [3.8, 4) is 0 Å². The standard InChI is InChI=1S/C12H20O5/c1-2-16-12(9-6-4-3-5-7-9)17-11(15)8-10(13)14/h9,12H,2-8H2,1H3,(H,13,14). The number of carbonyl (C=O) groups is 2. The van der Waals surface area contributed by atoms with Gasteiger partial charge in [0.25, 0.3) is 0 Å². The lowest BCUT2D eigenvalue weighted by molar-refractivity contribution is -0.194. The van der Waals surface area contributed by atoms with Crippen LogP contribution in [-0.4, -0.2) is 29.9 Å². The minimum Gasteiger partial charge on any atom is -0.481 e. The Morgan fingerprint density at radius 2 is 1.94 bits per heavy atom. The van der Waals surface area contributed by atoms with Crippen LogP contribution >= 0.6 is 0 Å². The molecule has 0 radical (unpaired) electrons. The van der Waals surface area contributed by atoms with Crippen molar-refractivity contribution < 1.29 is 24.2 Å². The number of esters is 1. The molecule has 1 aliphatic carbocycles. The Bertz CT molecular complexity index is 258. The zero-order chi connectivity index (χ0) is 12.7. The van der Waals surface area contributed by atoms with E-state index in [1.165, 1.54) is 6.42 Å². The summed E-state index contributed by atoms with van der Waals surface area (Å²) in [5.41, 5.74) is 0. The molecule has 98 valence electrons. The van der Waals surface area contributed by atoms with E-state index in [4.69, 9.17) is 14.6 Å². The molecular weight excluding hydrogens is 224 g/mol. The van der Waals surface area contributed by atoms with Crippen LogP contribution in [0.25, 0.3) is 0 Å². The number of carboxylic acid groups (broad SMARTS) is 1. The second-order valence-electron chi connectivity index (χ2n) is 4.28. The van der Waals surface area contributed by atoms with Crippen LogP contribution in [0.1, 0.15) is 45.4 Å². The van der Waals surface area contributed by atoms with Crippen molar-refractivity contribution in [2.45, 2.75) is 51.7 Å². The maximum Gasteiger partial charge on any atom is 0.319 e. The highest BCUT2D eigenvalue weighted by Crippen LogP contribution is 2.28. The van der Waals surface area contributed by atoms with Gasteiger partial charge in [-0.2, -0.15) is 0 Å². The fourth-order valence-corrected chi connectivity index (χ4v) is 2.13. The fourth-order valence-electron chi connectivity index (χ4n) is 2.13. The largest absolute Gasteiger partial charge is 0.481 e. The van der Waals surface area contributed by atoms with Gasteiger partial charge in [0.05, 0.1) is 0 Å². The molecule has 0 aromatic heterocycles. The van der Waals surface area contributed by atoms with Gasteiger partial charge >= 0.3 is 11.9 Å². The summed E-state index contributed by atoms with van der Waals surface area (Å²) in [5.74, 6) is -1.68. The maximum absolute atomic E-state index is 11.3. The molecule has 1 atom stereocenters. The zero-order valence-corrected chi connectivity index (χ0v) is 10.2. The minimum absolute atomic E-state index is 0.210. The van der Waals surface area contributed by atoms with Gasteiger partial charge in [-0.15, -0.1) is 0 Å². The highest BCUT2D eigenvalue weighted by Gasteiger charge is 2.27. The van der Waals surface area contributed by atoms with E-state index in [1.807, 2.05) is 6.92 Å². The van der Waals surface area contributed by atoms with Crippen LogP contribution in [0.5, 0.6) is 0 Å². The molecule has 0 heterocycles. The first-order valence-corrected chi connectivity index (χ1v) is 6.16. The van der Waals surface area contributed by atoms with Gasteiger partial charge in [-0.1, -0.05) is 19.3 Å². The Morgan fingerprint density at radius 3 is 2.47 bits per heavy atom. The third-order valence-corrected chi connectivity index (χ3v) is 2.91. The molecule has 1 saturated carbocycles. The smallest absolute Gasteiger partial charge is 0.319 e. The third-order valence-electron chi connectivity index (χ3n) is 2.91. The first kappa shape index (κ1) is 14.0. The van der Waals surface area contributed by atoms with Crippen LogP contribution in [0, 0.1) is 5.92 Å². The van der Waals surface area contributed by atoms with Crippen molar-refractivity contribution >= 4 is 11.9 Å². The molecule has 0 amide bonds. The van der Waals surface area contributed by atoms with E-state index < -0.39 is 24.6 Å². The number of carboxylic acids is 1. The van der Waals surface area contributed by atoms with Gasteiger partial charge in [-0.25, -0.2) is 0 Å². The number of hydrogen-bond donors (Lipinski definition) is 1. The van der Waals surface area contributed by atoms with E-state index in [0.717, 1.165) is 25.7 Å². The zero-order valence-electron chi connectivity index (χ0n) is 10.2. The predicted octanol–water partition coefficient (Wildman–Crippen LogP) is 1.95. The molecule has 0 aromatic rings. The quantitative estimate of drug-likeness (QED) is 0.439. The number of ether oxygens (including phenoxy) is 2. The average Bonchev–Trinajstić information content (AvgIpc) is 2.28. The molecule has 5 nitrogen and oxygen atoms in total. The Hall–Kier alpha value is -1.10. The van der Waals surface area contributed by atoms with Crippen molar-refractivity contribution in [1.29, 1.82) is 0 Å². The molecular formula is C12H20O5. The second-order valence-corrected chi connectivity index (χ2v) is 4.28. The molecule has 1 rings (SSSR count). The summed E-state index contributed by atoms with van der Waals surface area (Å²) in [6.45, 7) is 2.29. The van der Waals surface area contributed by atoms with Crippen LogP contribution in [0.4, 0.5) is 0 Å². The average molecular weight is 244 g/mol. The van der Waals surface area contributed by atoms with Gasteiger partial charge in [-0.3, -0.25) is 9.59 Å². The van der Waals surface area contributed by atoms with Gasteiger partial charge in [0.15, 0.2) is 0 Å². The summed E-state index contributed by atoms with van der Waals surface area (Å²) in [6.07, 6.45) is 4.22. The van der Waals surface area contributed by atoms with Crippen LogP contribution in [0.15, 0.2) is 0 Å². The van der Waals surface area contributed by atoms with Gasteiger partial charge in [0.1, 0.15) is 6.42 Å². The van der Waals surface area contributed by atoms with E-state index >= 15 is 0 Å². The number of carbonyl (C=O) groups excluding carboxylic acids is 1. The van der Waals surface area contributed by atoms with Gasteiger partial charge in [-0.05, 0) is 19.8 Å². The monoisotopic (exact) mass is 244 g/mol. The van der Waals surface area contributed by atoms with E-state index in [-0.39, 0.29) is 5.92 Å². The first-order chi connectivity index (χ1) is 8.13. The maximum atomic E-state index is 11.3. The molecule has 0 spiro atoms. The van der Waals surface area contributed by atoms with Crippen LogP contribution in [0.3, 0.4) is 0 Å². The molecule has 5 heteroatoms. The summed E-state index contributed by atoms with van der Waals surface area (Å²) in [4.78, 5) is 21.7. The van der Waals surface area contributed by atoms with E-state index in [1.54, 1.807) is 0 Å². The Morgan fingerprint density at radius 1 is 1.29 bits per heavy atom. The Balaban J connectivity index is 2.46. The predicted molar refractivity (Wildman–Crippen MR) is 60.3 cm³/mol. The molecule has 1 aliphatic rings.